The van der Waals surface area contributed by atoms with Crippen molar-refractivity contribution in [3.05, 3.63) is 46.5 Å². The van der Waals surface area contributed by atoms with E-state index in [2.05, 4.69) is 4.98 Å². The Hall–Kier alpha value is -2.30. The zero-order valence-corrected chi connectivity index (χ0v) is 10.3. The van der Waals surface area contributed by atoms with Gasteiger partial charge in [0.2, 0.25) is 0 Å². The third-order valence-corrected chi connectivity index (χ3v) is 2.69. The van der Waals surface area contributed by atoms with Crippen LogP contribution in [0.1, 0.15) is 12.5 Å². The van der Waals surface area contributed by atoms with Crippen LogP contribution in [-0.4, -0.2) is 14.7 Å². The fourth-order valence-corrected chi connectivity index (χ4v) is 1.56. The van der Waals surface area contributed by atoms with Crippen LogP contribution < -0.4 is 10.3 Å². The standard InChI is InChI=1S/C13H14N2O3/c1-3-15-8-7-14-12(13(15)17)18-11-6-4-5-10(16)9(11)2/h4-8,16H,3H2,1-2H3. The van der Waals surface area contributed by atoms with Crippen LogP contribution >= 0.6 is 0 Å². The molecule has 5 nitrogen and oxygen atoms in total. The van der Waals surface area contributed by atoms with Crippen molar-refractivity contribution in [2.75, 3.05) is 0 Å². The largest absolute Gasteiger partial charge is 0.508 e. The molecule has 94 valence electrons. The Bertz CT molecular complexity index is 620. The lowest BCUT2D eigenvalue weighted by Crippen LogP contribution is -2.20. The van der Waals surface area contributed by atoms with E-state index in [-0.39, 0.29) is 17.2 Å². The van der Waals surface area contributed by atoms with E-state index in [1.54, 1.807) is 31.3 Å². The zero-order chi connectivity index (χ0) is 13.1. The first-order valence-electron chi connectivity index (χ1n) is 5.65. The van der Waals surface area contributed by atoms with Crippen LogP contribution in [0.25, 0.3) is 0 Å². The Kier molecular flexibility index (Phi) is 3.32. The minimum Gasteiger partial charge on any atom is -0.508 e. The molecule has 1 aromatic carbocycles. The quantitative estimate of drug-likeness (QED) is 0.900. The third-order valence-electron chi connectivity index (χ3n) is 2.69. The third kappa shape index (κ3) is 2.20. The number of phenolic OH excluding ortho intramolecular Hbond substituents is 1. The number of benzene rings is 1. The van der Waals surface area contributed by atoms with Gasteiger partial charge in [0.1, 0.15) is 11.5 Å². The van der Waals surface area contributed by atoms with Crippen LogP contribution in [0.5, 0.6) is 17.4 Å². The number of aromatic nitrogens is 2. The Morgan fingerprint density at radius 3 is 2.94 bits per heavy atom. The van der Waals surface area contributed by atoms with Crippen LogP contribution in [0, 0.1) is 6.92 Å². The summed E-state index contributed by atoms with van der Waals surface area (Å²) >= 11 is 0. The van der Waals surface area contributed by atoms with E-state index < -0.39 is 0 Å². The highest BCUT2D eigenvalue weighted by atomic mass is 16.5. The molecule has 1 N–H and O–H groups in total. The van der Waals surface area contributed by atoms with E-state index in [0.29, 0.717) is 17.9 Å². The minimum absolute atomic E-state index is 0.00745. The maximum atomic E-state index is 11.9. The number of ether oxygens (including phenoxy) is 1. The van der Waals surface area contributed by atoms with E-state index in [1.165, 1.54) is 10.8 Å². The van der Waals surface area contributed by atoms with Gasteiger partial charge < -0.3 is 14.4 Å². The lowest BCUT2D eigenvalue weighted by atomic mass is 10.2. The van der Waals surface area contributed by atoms with Crippen molar-refractivity contribution in [2.45, 2.75) is 20.4 Å². The first-order chi connectivity index (χ1) is 8.63. The summed E-state index contributed by atoms with van der Waals surface area (Å²) in [6.45, 7) is 4.13. The first-order valence-corrected chi connectivity index (χ1v) is 5.65. The Morgan fingerprint density at radius 1 is 1.44 bits per heavy atom. The molecule has 0 saturated carbocycles. The normalized spacial score (nSPS) is 10.3. The molecular formula is C13H14N2O3. The van der Waals surface area contributed by atoms with Gasteiger partial charge in [-0.05, 0) is 26.0 Å². The molecule has 18 heavy (non-hydrogen) atoms. The monoisotopic (exact) mass is 246 g/mol. The first kappa shape index (κ1) is 12.2. The van der Waals surface area contributed by atoms with E-state index in [0.717, 1.165) is 0 Å². The summed E-state index contributed by atoms with van der Waals surface area (Å²) < 4.78 is 6.96. The average Bonchev–Trinajstić information content (AvgIpc) is 2.37. The highest BCUT2D eigenvalue weighted by Crippen LogP contribution is 2.28. The molecule has 0 saturated heterocycles. The van der Waals surface area contributed by atoms with Crippen molar-refractivity contribution in [3.63, 3.8) is 0 Å². The molecule has 0 unspecified atom stereocenters. The minimum atomic E-state index is -0.289. The number of nitrogens with zero attached hydrogens (tertiary/aromatic N) is 2. The van der Waals surface area contributed by atoms with Gasteiger partial charge in [0, 0.05) is 24.5 Å². The van der Waals surface area contributed by atoms with Crippen molar-refractivity contribution >= 4 is 0 Å². The number of phenols is 1. The van der Waals surface area contributed by atoms with Crippen molar-refractivity contribution < 1.29 is 9.84 Å². The summed E-state index contributed by atoms with van der Waals surface area (Å²) in [7, 11) is 0. The molecule has 0 atom stereocenters. The van der Waals surface area contributed by atoms with Crippen LogP contribution in [0.3, 0.4) is 0 Å². The van der Waals surface area contributed by atoms with Crippen molar-refractivity contribution in [3.8, 4) is 17.4 Å². The van der Waals surface area contributed by atoms with Crippen LogP contribution in [0.2, 0.25) is 0 Å². The maximum absolute atomic E-state index is 11.9. The molecule has 0 amide bonds. The molecule has 0 bridgehead atoms. The molecule has 1 aromatic heterocycles. The number of hydrogen-bond acceptors (Lipinski definition) is 4. The smallest absolute Gasteiger partial charge is 0.313 e. The van der Waals surface area contributed by atoms with Gasteiger partial charge in [-0.2, -0.15) is 0 Å². The molecule has 2 rings (SSSR count). The van der Waals surface area contributed by atoms with Gasteiger partial charge in [-0.15, -0.1) is 0 Å². The van der Waals surface area contributed by atoms with Gasteiger partial charge in [0.15, 0.2) is 0 Å². The van der Waals surface area contributed by atoms with E-state index in [1.807, 2.05) is 6.92 Å². The SMILES string of the molecule is CCn1ccnc(Oc2cccc(O)c2C)c1=O. The predicted octanol–water partition coefficient (Wildman–Crippen LogP) is 2.07. The number of rotatable bonds is 3. The fraction of sp³-hybridized carbons (Fsp3) is 0.231. The Labute approximate surface area is 104 Å². The Morgan fingerprint density at radius 2 is 2.22 bits per heavy atom. The van der Waals surface area contributed by atoms with E-state index >= 15 is 0 Å². The predicted molar refractivity (Wildman–Crippen MR) is 67.1 cm³/mol. The van der Waals surface area contributed by atoms with Gasteiger partial charge in [-0.1, -0.05) is 6.07 Å². The molecule has 2 aromatic rings. The molecule has 1 heterocycles. The summed E-state index contributed by atoms with van der Waals surface area (Å²) in [6.07, 6.45) is 3.11. The molecule has 0 aliphatic carbocycles. The lowest BCUT2D eigenvalue weighted by Gasteiger charge is -2.09. The number of aromatic hydroxyl groups is 1. The second-order valence-corrected chi connectivity index (χ2v) is 3.83. The highest BCUT2D eigenvalue weighted by Gasteiger charge is 2.10. The molecule has 0 aliphatic heterocycles. The maximum Gasteiger partial charge on any atom is 0.313 e. The number of aryl methyl sites for hydroxylation is 1. The summed E-state index contributed by atoms with van der Waals surface area (Å²) in [5.41, 5.74) is 0.286. The fourth-order valence-electron chi connectivity index (χ4n) is 1.56. The van der Waals surface area contributed by atoms with Crippen molar-refractivity contribution in [1.82, 2.24) is 9.55 Å². The molecular weight excluding hydrogens is 232 g/mol. The summed E-state index contributed by atoms with van der Waals surface area (Å²) in [5, 5.41) is 9.56. The zero-order valence-electron chi connectivity index (χ0n) is 10.3. The van der Waals surface area contributed by atoms with Crippen LogP contribution in [0.15, 0.2) is 35.4 Å². The average molecular weight is 246 g/mol. The molecule has 0 spiro atoms. The molecule has 0 fully saturated rings. The van der Waals surface area contributed by atoms with Gasteiger partial charge in [-0.25, -0.2) is 4.98 Å². The number of hydrogen-bond donors (Lipinski definition) is 1. The molecule has 0 radical (unpaired) electrons. The van der Waals surface area contributed by atoms with E-state index in [9.17, 15) is 9.90 Å². The summed E-state index contributed by atoms with van der Waals surface area (Å²) in [4.78, 5) is 15.8. The lowest BCUT2D eigenvalue weighted by molar-refractivity contribution is 0.428. The summed E-state index contributed by atoms with van der Waals surface area (Å²) in [6, 6.07) is 4.89. The van der Waals surface area contributed by atoms with Crippen LogP contribution in [-0.2, 0) is 6.54 Å². The van der Waals surface area contributed by atoms with Crippen molar-refractivity contribution in [2.24, 2.45) is 0 Å². The van der Waals surface area contributed by atoms with Gasteiger partial charge >= 0.3 is 5.56 Å². The second kappa shape index (κ2) is 4.91. The van der Waals surface area contributed by atoms with Gasteiger partial charge in [0.25, 0.3) is 5.88 Å². The van der Waals surface area contributed by atoms with Crippen molar-refractivity contribution in [1.29, 1.82) is 0 Å². The van der Waals surface area contributed by atoms with Crippen LogP contribution in [0.4, 0.5) is 0 Å². The molecule has 0 aliphatic rings. The van der Waals surface area contributed by atoms with Gasteiger partial charge in [0.05, 0.1) is 0 Å². The van der Waals surface area contributed by atoms with E-state index in [4.69, 9.17) is 4.74 Å². The van der Waals surface area contributed by atoms with Gasteiger partial charge in [-0.3, -0.25) is 4.79 Å². The Balaban J connectivity index is 2.41. The second-order valence-electron chi connectivity index (χ2n) is 3.83. The topological polar surface area (TPSA) is 64.3 Å². The molecule has 5 heteroatoms. The summed E-state index contributed by atoms with van der Waals surface area (Å²) in [5.74, 6) is 0.556. The highest BCUT2D eigenvalue weighted by molar-refractivity contribution is 5.43.